The second-order valence-corrected chi connectivity index (χ2v) is 8.53. The fourth-order valence-electron chi connectivity index (χ4n) is 4.42. The first-order valence-corrected chi connectivity index (χ1v) is 11.3. The van der Waals surface area contributed by atoms with Crippen LogP contribution in [0.4, 0.5) is 4.79 Å². The summed E-state index contributed by atoms with van der Waals surface area (Å²) in [5.74, 6) is 0.388. The van der Waals surface area contributed by atoms with Crippen molar-refractivity contribution < 1.29 is 23.8 Å². The molecule has 1 heterocycles. The highest BCUT2D eigenvalue weighted by Crippen LogP contribution is 2.38. The molecule has 0 aromatic heterocycles. The van der Waals surface area contributed by atoms with E-state index >= 15 is 0 Å². The van der Waals surface area contributed by atoms with E-state index in [1.54, 1.807) is 12.0 Å². The predicted octanol–water partition coefficient (Wildman–Crippen LogP) is 5.47. The van der Waals surface area contributed by atoms with Crippen LogP contribution in [-0.2, 0) is 27.2 Å². The number of hydrogen-bond donors (Lipinski definition) is 0. The smallest absolute Gasteiger partial charge is 0.411 e. The zero-order valence-electron chi connectivity index (χ0n) is 19.9. The fourth-order valence-corrected chi connectivity index (χ4v) is 4.42. The Morgan fingerprint density at radius 3 is 2.47 bits per heavy atom. The van der Waals surface area contributed by atoms with Gasteiger partial charge in [-0.3, -0.25) is 9.69 Å². The Hall–Kier alpha value is -3.80. The van der Waals surface area contributed by atoms with Crippen molar-refractivity contribution in [2.75, 3.05) is 14.2 Å². The molecule has 0 radical (unpaired) electrons. The molecule has 0 N–H and O–H groups in total. The maximum Gasteiger partial charge on any atom is 0.411 e. The van der Waals surface area contributed by atoms with Gasteiger partial charge >= 0.3 is 12.1 Å². The quantitative estimate of drug-likeness (QED) is 0.439. The van der Waals surface area contributed by atoms with Gasteiger partial charge in [0.25, 0.3) is 0 Å². The molecule has 2 atom stereocenters. The second-order valence-electron chi connectivity index (χ2n) is 8.53. The van der Waals surface area contributed by atoms with Crippen molar-refractivity contribution in [2.24, 2.45) is 0 Å². The van der Waals surface area contributed by atoms with Crippen molar-refractivity contribution in [1.82, 2.24) is 4.90 Å². The minimum atomic E-state index is -0.333. The summed E-state index contributed by atoms with van der Waals surface area (Å²) in [6.07, 6.45) is -0.483. The Bertz CT molecular complexity index is 1190. The van der Waals surface area contributed by atoms with Crippen LogP contribution in [0.1, 0.15) is 35.3 Å². The molecule has 34 heavy (non-hydrogen) atoms. The van der Waals surface area contributed by atoms with Crippen LogP contribution in [0.2, 0.25) is 0 Å². The minimum absolute atomic E-state index is 0.129. The topological polar surface area (TPSA) is 65.1 Å². The lowest BCUT2D eigenvalue weighted by atomic mass is 9.94. The Labute approximate surface area is 200 Å². The molecular weight excluding hydrogens is 430 g/mol. The van der Waals surface area contributed by atoms with Crippen LogP contribution >= 0.6 is 0 Å². The van der Waals surface area contributed by atoms with E-state index in [0.717, 1.165) is 33.4 Å². The van der Waals surface area contributed by atoms with Crippen molar-refractivity contribution in [1.29, 1.82) is 0 Å². The molecular formula is C28H29NO5. The lowest BCUT2D eigenvalue weighted by Gasteiger charge is -2.23. The van der Waals surface area contributed by atoms with Gasteiger partial charge in [-0.2, -0.15) is 0 Å². The number of esters is 1. The van der Waals surface area contributed by atoms with Gasteiger partial charge in [-0.25, -0.2) is 4.79 Å². The summed E-state index contributed by atoms with van der Waals surface area (Å²) < 4.78 is 16.2. The molecule has 1 saturated heterocycles. The SMILES string of the molecule is COC(=O)Cc1ccc(OC)c(-c2ccc(C)cc2CN2C(=O)O[C@@H](c3ccccc3)[C@H]2C)c1. The van der Waals surface area contributed by atoms with Gasteiger partial charge in [-0.05, 0) is 48.2 Å². The van der Waals surface area contributed by atoms with Crippen molar-refractivity contribution in [2.45, 2.75) is 39.0 Å². The lowest BCUT2D eigenvalue weighted by molar-refractivity contribution is -0.139. The number of hydrogen-bond acceptors (Lipinski definition) is 5. The largest absolute Gasteiger partial charge is 0.496 e. The van der Waals surface area contributed by atoms with Crippen LogP contribution < -0.4 is 4.74 Å². The summed E-state index contributed by atoms with van der Waals surface area (Å²) >= 11 is 0. The molecule has 3 aromatic carbocycles. The van der Waals surface area contributed by atoms with Crippen molar-refractivity contribution in [3.8, 4) is 16.9 Å². The monoisotopic (exact) mass is 459 g/mol. The number of carbonyl (C=O) groups is 2. The first-order valence-electron chi connectivity index (χ1n) is 11.3. The van der Waals surface area contributed by atoms with Crippen LogP contribution in [0.5, 0.6) is 5.75 Å². The molecule has 6 nitrogen and oxygen atoms in total. The van der Waals surface area contributed by atoms with Gasteiger partial charge in [-0.1, -0.05) is 60.2 Å². The minimum Gasteiger partial charge on any atom is -0.496 e. The Kier molecular flexibility index (Phi) is 6.87. The highest BCUT2D eigenvalue weighted by Gasteiger charge is 2.39. The number of cyclic esters (lactones) is 1. The van der Waals surface area contributed by atoms with E-state index < -0.39 is 0 Å². The van der Waals surface area contributed by atoms with Crippen LogP contribution in [0.15, 0.2) is 66.7 Å². The summed E-state index contributed by atoms with van der Waals surface area (Å²) in [4.78, 5) is 26.5. The van der Waals surface area contributed by atoms with E-state index in [0.29, 0.717) is 12.3 Å². The standard InChI is InChI=1S/C28H29NO5/c1-18-10-12-23(24-15-20(16-26(30)33-4)11-13-25(24)32-3)22(14-18)17-29-19(2)27(34-28(29)31)21-8-6-5-7-9-21/h5-15,19,27H,16-17H2,1-4H3/t19-,27-/m1/s1. The molecule has 0 bridgehead atoms. The van der Waals surface area contributed by atoms with Crippen LogP contribution in [-0.4, -0.2) is 37.2 Å². The molecule has 1 aliphatic heterocycles. The molecule has 3 aromatic rings. The third-order valence-electron chi connectivity index (χ3n) is 6.25. The third-order valence-corrected chi connectivity index (χ3v) is 6.25. The van der Waals surface area contributed by atoms with Crippen LogP contribution in [0.3, 0.4) is 0 Å². The Morgan fingerprint density at radius 2 is 1.76 bits per heavy atom. The molecule has 0 spiro atoms. The number of methoxy groups -OCH3 is 2. The molecule has 0 aliphatic carbocycles. The molecule has 1 amide bonds. The van der Waals surface area contributed by atoms with Crippen molar-refractivity contribution >= 4 is 12.1 Å². The number of amides is 1. The van der Waals surface area contributed by atoms with Crippen LogP contribution in [0, 0.1) is 6.92 Å². The number of ether oxygens (including phenoxy) is 3. The summed E-state index contributed by atoms with van der Waals surface area (Å²) in [6, 6.07) is 21.5. The van der Waals surface area contributed by atoms with Gasteiger partial charge in [-0.15, -0.1) is 0 Å². The average molecular weight is 460 g/mol. The van der Waals surface area contributed by atoms with Crippen molar-refractivity contribution in [3.63, 3.8) is 0 Å². The Morgan fingerprint density at radius 1 is 1.00 bits per heavy atom. The van der Waals surface area contributed by atoms with Gasteiger partial charge in [0.05, 0.1) is 33.2 Å². The van der Waals surface area contributed by atoms with Gasteiger partial charge in [0.15, 0.2) is 0 Å². The molecule has 0 unspecified atom stereocenters. The summed E-state index contributed by atoms with van der Waals surface area (Å²) in [5, 5.41) is 0. The molecule has 4 rings (SSSR count). The third kappa shape index (κ3) is 4.76. The van der Waals surface area contributed by atoms with E-state index in [-0.39, 0.29) is 30.6 Å². The predicted molar refractivity (Wildman–Crippen MR) is 130 cm³/mol. The van der Waals surface area contributed by atoms with Crippen LogP contribution in [0.25, 0.3) is 11.1 Å². The van der Waals surface area contributed by atoms with Gasteiger partial charge < -0.3 is 14.2 Å². The van der Waals surface area contributed by atoms with Crippen molar-refractivity contribution in [3.05, 3.63) is 89.0 Å². The summed E-state index contributed by atoms with van der Waals surface area (Å²) in [5.41, 5.74) is 5.67. The number of rotatable bonds is 7. The van der Waals surface area contributed by atoms with E-state index in [1.165, 1.54) is 7.11 Å². The van der Waals surface area contributed by atoms with E-state index in [2.05, 4.69) is 6.07 Å². The molecule has 6 heteroatoms. The Balaban J connectivity index is 1.69. The van der Waals surface area contributed by atoms with Gasteiger partial charge in [0.1, 0.15) is 11.9 Å². The first kappa shape index (κ1) is 23.4. The highest BCUT2D eigenvalue weighted by molar-refractivity contribution is 5.78. The molecule has 176 valence electrons. The summed E-state index contributed by atoms with van der Waals surface area (Å²) in [7, 11) is 3.00. The maximum absolute atomic E-state index is 12.9. The van der Waals surface area contributed by atoms with E-state index in [1.807, 2.05) is 74.5 Å². The molecule has 0 saturated carbocycles. The zero-order valence-corrected chi connectivity index (χ0v) is 19.9. The fraction of sp³-hybridized carbons (Fsp3) is 0.286. The average Bonchev–Trinajstić information content (AvgIpc) is 3.13. The molecule has 1 aliphatic rings. The zero-order chi connectivity index (χ0) is 24.2. The number of benzene rings is 3. The molecule has 1 fully saturated rings. The van der Waals surface area contributed by atoms with Gasteiger partial charge in [0, 0.05) is 5.56 Å². The first-order chi connectivity index (χ1) is 16.4. The van der Waals surface area contributed by atoms with E-state index in [9.17, 15) is 9.59 Å². The number of aryl methyl sites for hydroxylation is 1. The lowest BCUT2D eigenvalue weighted by Crippen LogP contribution is -2.31. The number of nitrogens with zero attached hydrogens (tertiary/aromatic N) is 1. The summed E-state index contributed by atoms with van der Waals surface area (Å²) in [6.45, 7) is 4.43. The normalized spacial score (nSPS) is 17.4. The maximum atomic E-state index is 12.9. The second kappa shape index (κ2) is 10.00. The van der Waals surface area contributed by atoms with E-state index in [4.69, 9.17) is 14.2 Å². The highest BCUT2D eigenvalue weighted by atomic mass is 16.6. The van der Waals surface area contributed by atoms with Gasteiger partial charge in [0.2, 0.25) is 0 Å². The number of carbonyl (C=O) groups excluding carboxylic acids is 2.